The van der Waals surface area contributed by atoms with Gasteiger partial charge in [0.15, 0.2) is 0 Å². The molecular formula is C20H25N3O2. The molecule has 0 saturated carbocycles. The predicted octanol–water partition coefficient (Wildman–Crippen LogP) is 4.19. The highest BCUT2D eigenvalue weighted by Gasteiger charge is 2.04. The maximum Gasteiger partial charge on any atom is 0.224 e. The Kier molecular flexibility index (Phi) is 7.50. The molecule has 0 bridgehead atoms. The lowest BCUT2D eigenvalue weighted by atomic mass is 10.1. The molecule has 2 amide bonds. The molecule has 0 aliphatic carbocycles. The van der Waals surface area contributed by atoms with Crippen LogP contribution in [-0.2, 0) is 9.59 Å². The summed E-state index contributed by atoms with van der Waals surface area (Å²) < 4.78 is 0. The average molecular weight is 339 g/mol. The van der Waals surface area contributed by atoms with Crippen LogP contribution in [0.5, 0.6) is 0 Å². The normalized spacial score (nSPS) is 10.2. The quantitative estimate of drug-likeness (QED) is 0.473. The van der Waals surface area contributed by atoms with Crippen LogP contribution in [0.3, 0.4) is 0 Å². The van der Waals surface area contributed by atoms with E-state index in [0.29, 0.717) is 18.5 Å². The molecule has 2 rings (SSSR count). The molecule has 0 spiro atoms. The third-order valence-corrected chi connectivity index (χ3v) is 3.81. The van der Waals surface area contributed by atoms with E-state index < -0.39 is 0 Å². The maximum absolute atomic E-state index is 11.8. The summed E-state index contributed by atoms with van der Waals surface area (Å²) >= 11 is 0. The molecule has 25 heavy (non-hydrogen) atoms. The number of carbonyl (C=O) groups is 2. The van der Waals surface area contributed by atoms with Crippen LogP contribution >= 0.6 is 0 Å². The van der Waals surface area contributed by atoms with Crippen LogP contribution in [-0.4, -0.2) is 11.8 Å². The van der Waals surface area contributed by atoms with Crippen molar-refractivity contribution in [2.75, 3.05) is 16.4 Å². The summed E-state index contributed by atoms with van der Waals surface area (Å²) in [4.78, 5) is 23.6. The number of nitrogens with two attached hydrogens (primary N) is 1. The van der Waals surface area contributed by atoms with Gasteiger partial charge in [-0.1, -0.05) is 31.0 Å². The summed E-state index contributed by atoms with van der Waals surface area (Å²) in [6, 6.07) is 16.5. The number of amides is 2. The second kappa shape index (κ2) is 10.1. The van der Waals surface area contributed by atoms with Crippen LogP contribution in [0.2, 0.25) is 0 Å². The van der Waals surface area contributed by atoms with Crippen molar-refractivity contribution in [2.45, 2.75) is 38.5 Å². The molecule has 4 N–H and O–H groups in total. The molecule has 0 aromatic heterocycles. The standard InChI is InChI=1S/C20H25N3O2/c21-16-12-14-18(15-13-16)23-20(25)11-7-2-1-6-10-19(24)22-17-8-4-3-5-9-17/h3-5,8-9,12-15H,1-2,6-7,10-11,21H2,(H,22,24)(H,23,25). The van der Waals surface area contributed by atoms with Gasteiger partial charge in [0.1, 0.15) is 0 Å². The molecule has 5 nitrogen and oxygen atoms in total. The van der Waals surface area contributed by atoms with Crippen molar-refractivity contribution in [3.05, 3.63) is 54.6 Å². The zero-order chi connectivity index (χ0) is 17.9. The van der Waals surface area contributed by atoms with Crippen LogP contribution in [0.1, 0.15) is 38.5 Å². The topological polar surface area (TPSA) is 84.2 Å². The lowest BCUT2D eigenvalue weighted by molar-refractivity contribution is -0.117. The lowest BCUT2D eigenvalue weighted by Gasteiger charge is -2.06. The first-order valence-corrected chi connectivity index (χ1v) is 8.64. The van der Waals surface area contributed by atoms with Crippen molar-refractivity contribution < 1.29 is 9.59 Å². The molecule has 0 unspecified atom stereocenters. The number of rotatable bonds is 9. The van der Waals surface area contributed by atoms with Gasteiger partial charge in [0.2, 0.25) is 11.8 Å². The van der Waals surface area contributed by atoms with Crippen molar-refractivity contribution >= 4 is 28.9 Å². The minimum absolute atomic E-state index is 0.00610. The van der Waals surface area contributed by atoms with Gasteiger partial charge in [-0.05, 0) is 49.2 Å². The fourth-order valence-corrected chi connectivity index (χ4v) is 2.46. The Morgan fingerprint density at radius 2 is 1.16 bits per heavy atom. The van der Waals surface area contributed by atoms with Crippen molar-refractivity contribution in [3.63, 3.8) is 0 Å². The molecular weight excluding hydrogens is 314 g/mol. The average Bonchev–Trinajstić information content (AvgIpc) is 2.61. The Morgan fingerprint density at radius 3 is 1.68 bits per heavy atom. The number of unbranched alkanes of at least 4 members (excludes halogenated alkanes) is 3. The van der Waals surface area contributed by atoms with Gasteiger partial charge in [-0.3, -0.25) is 9.59 Å². The van der Waals surface area contributed by atoms with E-state index in [2.05, 4.69) is 10.6 Å². The molecule has 0 aliphatic heterocycles. The fourth-order valence-electron chi connectivity index (χ4n) is 2.46. The van der Waals surface area contributed by atoms with Crippen molar-refractivity contribution in [1.29, 1.82) is 0 Å². The van der Waals surface area contributed by atoms with E-state index in [0.717, 1.165) is 37.1 Å². The van der Waals surface area contributed by atoms with Gasteiger partial charge in [-0.25, -0.2) is 0 Å². The Hall–Kier alpha value is -2.82. The summed E-state index contributed by atoms with van der Waals surface area (Å²) in [5, 5.41) is 5.72. The summed E-state index contributed by atoms with van der Waals surface area (Å²) in [5.41, 5.74) is 7.87. The fraction of sp³-hybridized carbons (Fsp3) is 0.300. The van der Waals surface area contributed by atoms with Gasteiger partial charge in [-0.2, -0.15) is 0 Å². The van der Waals surface area contributed by atoms with E-state index in [9.17, 15) is 9.59 Å². The third kappa shape index (κ3) is 7.52. The van der Waals surface area contributed by atoms with E-state index in [-0.39, 0.29) is 11.8 Å². The van der Waals surface area contributed by atoms with Crippen LogP contribution < -0.4 is 16.4 Å². The molecule has 5 heteroatoms. The monoisotopic (exact) mass is 339 g/mol. The van der Waals surface area contributed by atoms with Gasteiger partial charge in [0, 0.05) is 29.9 Å². The molecule has 0 heterocycles. The van der Waals surface area contributed by atoms with Crippen LogP contribution in [0.4, 0.5) is 17.1 Å². The van der Waals surface area contributed by atoms with E-state index in [1.165, 1.54) is 0 Å². The highest BCUT2D eigenvalue weighted by Crippen LogP contribution is 2.12. The third-order valence-electron chi connectivity index (χ3n) is 3.81. The molecule has 2 aromatic carbocycles. The number of carbonyl (C=O) groups excluding carboxylic acids is 2. The first-order valence-electron chi connectivity index (χ1n) is 8.64. The van der Waals surface area contributed by atoms with Crippen LogP contribution in [0, 0.1) is 0 Å². The number of benzene rings is 2. The summed E-state index contributed by atoms with van der Waals surface area (Å²) in [6.45, 7) is 0. The number of nitrogens with one attached hydrogen (secondary N) is 2. The van der Waals surface area contributed by atoms with E-state index in [1.54, 1.807) is 24.3 Å². The molecule has 0 atom stereocenters. The number of hydrogen-bond acceptors (Lipinski definition) is 3. The molecule has 0 radical (unpaired) electrons. The van der Waals surface area contributed by atoms with E-state index in [4.69, 9.17) is 5.73 Å². The summed E-state index contributed by atoms with van der Waals surface area (Å²) in [6.07, 6.45) is 4.53. The maximum atomic E-state index is 11.8. The van der Waals surface area contributed by atoms with Gasteiger partial charge in [0.05, 0.1) is 0 Å². The highest BCUT2D eigenvalue weighted by atomic mass is 16.2. The largest absolute Gasteiger partial charge is 0.399 e. The Balaban J connectivity index is 1.52. The smallest absolute Gasteiger partial charge is 0.224 e. The number of para-hydroxylation sites is 1. The molecule has 2 aromatic rings. The molecule has 132 valence electrons. The summed E-state index contributed by atoms with van der Waals surface area (Å²) in [5.74, 6) is 0.0406. The first kappa shape index (κ1) is 18.5. The Bertz CT molecular complexity index is 669. The van der Waals surface area contributed by atoms with Crippen molar-refractivity contribution in [3.8, 4) is 0 Å². The Labute approximate surface area is 148 Å². The number of nitrogen functional groups attached to an aromatic ring is 1. The Morgan fingerprint density at radius 1 is 0.680 bits per heavy atom. The number of hydrogen-bond donors (Lipinski definition) is 3. The molecule has 0 saturated heterocycles. The second-order valence-electron chi connectivity index (χ2n) is 6.00. The zero-order valence-corrected chi connectivity index (χ0v) is 14.3. The van der Waals surface area contributed by atoms with Gasteiger partial charge < -0.3 is 16.4 Å². The van der Waals surface area contributed by atoms with Crippen molar-refractivity contribution in [1.82, 2.24) is 0 Å². The SMILES string of the molecule is Nc1ccc(NC(=O)CCCCCCC(=O)Nc2ccccc2)cc1. The van der Waals surface area contributed by atoms with E-state index >= 15 is 0 Å². The molecule has 0 fully saturated rings. The van der Waals surface area contributed by atoms with Gasteiger partial charge in [0.25, 0.3) is 0 Å². The highest BCUT2D eigenvalue weighted by molar-refractivity contribution is 5.91. The minimum atomic E-state index is 0.00610. The number of anilines is 3. The van der Waals surface area contributed by atoms with Crippen LogP contribution in [0.25, 0.3) is 0 Å². The van der Waals surface area contributed by atoms with E-state index in [1.807, 2.05) is 30.3 Å². The second-order valence-corrected chi connectivity index (χ2v) is 6.00. The molecule has 0 aliphatic rings. The van der Waals surface area contributed by atoms with Crippen molar-refractivity contribution in [2.24, 2.45) is 0 Å². The van der Waals surface area contributed by atoms with Gasteiger partial charge >= 0.3 is 0 Å². The van der Waals surface area contributed by atoms with Crippen LogP contribution in [0.15, 0.2) is 54.6 Å². The minimum Gasteiger partial charge on any atom is -0.399 e. The van der Waals surface area contributed by atoms with Gasteiger partial charge in [-0.15, -0.1) is 0 Å². The first-order chi connectivity index (χ1) is 12.1. The summed E-state index contributed by atoms with van der Waals surface area (Å²) in [7, 11) is 0. The predicted molar refractivity (Wildman–Crippen MR) is 102 cm³/mol. The zero-order valence-electron chi connectivity index (χ0n) is 14.3. The lowest BCUT2D eigenvalue weighted by Crippen LogP contribution is -2.11.